The number of amides is 1. The summed E-state index contributed by atoms with van der Waals surface area (Å²) >= 11 is 3.17. The molecule has 1 amide bonds. The van der Waals surface area contributed by atoms with Crippen molar-refractivity contribution in [1.29, 1.82) is 0 Å². The number of carbonyl (C=O) groups excluding carboxylic acids is 1. The van der Waals surface area contributed by atoms with Gasteiger partial charge >= 0.3 is 0 Å². The molecule has 5 nitrogen and oxygen atoms in total. The van der Waals surface area contributed by atoms with Crippen LogP contribution < -0.4 is 0 Å². The highest BCUT2D eigenvalue weighted by Gasteiger charge is 2.33. The molecule has 19 heavy (non-hydrogen) atoms. The normalized spacial score (nSPS) is 17.5. The van der Waals surface area contributed by atoms with Crippen molar-refractivity contribution in [1.82, 2.24) is 4.90 Å². The largest absolute Gasteiger partial charge is 0.338 e. The van der Waals surface area contributed by atoms with Gasteiger partial charge in [-0.1, -0.05) is 19.9 Å². The van der Waals surface area contributed by atoms with Crippen LogP contribution in [0.2, 0.25) is 0 Å². The van der Waals surface area contributed by atoms with Crippen molar-refractivity contribution < 1.29 is 9.72 Å². The van der Waals surface area contributed by atoms with Crippen LogP contribution in [0, 0.1) is 15.5 Å². The Morgan fingerprint density at radius 2 is 2.16 bits per heavy atom. The molecule has 0 atom stereocenters. The van der Waals surface area contributed by atoms with Gasteiger partial charge in [0.05, 0.1) is 10.5 Å². The van der Waals surface area contributed by atoms with Crippen LogP contribution in [-0.2, 0) is 0 Å². The fourth-order valence-electron chi connectivity index (χ4n) is 2.28. The van der Waals surface area contributed by atoms with E-state index in [4.69, 9.17) is 0 Å². The summed E-state index contributed by atoms with van der Waals surface area (Å²) in [6.45, 7) is 5.60. The van der Waals surface area contributed by atoms with Crippen molar-refractivity contribution in [2.75, 3.05) is 13.1 Å². The minimum absolute atomic E-state index is 0.0793. The van der Waals surface area contributed by atoms with E-state index in [-0.39, 0.29) is 21.5 Å². The van der Waals surface area contributed by atoms with E-state index in [9.17, 15) is 14.9 Å². The van der Waals surface area contributed by atoms with Gasteiger partial charge in [0, 0.05) is 19.2 Å². The van der Waals surface area contributed by atoms with E-state index in [0.29, 0.717) is 18.7 Å². The van der Waals surface area contributed by atoms with Crippen molar-refractivity contribution >= 4 is 27.5 Å². The molecule has 0 unspecified atom stereocenters. The van der Waals surface area contributed by atoms with E-state index in [2.05, 4.69) is 29.8 Å². The summed E-state index contributed by atoms with van der Waals surface area (Å²) in [7, 11) is 0. The van der Waals surface area contributed by atoms with Gasteiger partial charge in [0.1, 0.15) is 4.47 Å². The van der Waals surface area contributed by atoms with Crippen LogP contribution in [0.5, 0.6) is 0 Å². The van der Waals surface area contributed by atoms with Gasteiger partial charge in [-0.05, 0) is 33.8 Å². The Morgan fingerprint density at radius 1 is 1.47 bits per heavy atom. The number of hydrogen-bond donors (Lipinski definition) is 0. The van der Waals surface area contributed by atoms with Gasteiger partial charge in [0.15, 0.2) is 0 Å². The Morgan fingerprint density at radius 3 is 2.68 bits per heavy atom. The third kappa shape index (κ3) is 2.78. The molecule has 0 aromatic heterocycles. The lowest BCUT2D eigenvalue weighted by Crippen LogP contribution is -2.30. The summed E-state index contributed by atoms with van der Waals surface area (Å²) in [6.07, 6.45) is 0.950. The van der Waals surface area contributed by atoms with E-state index in [0.717, 1.165) is 6.42 Å². The van der Waals surface area contributed by atoms with Gasteiger partial charge in [0.25, 0.3) is 11.6 Å². The number of nitro groups is 1. The predicted molar refractivity (Wildman–Crippen MR) is 75.1 cm³/mol. The number of benzene rings is 1. The summed E-state index contributed by atoms with van der Waals surface area (Å²) in [6, 6.07) is 4.54. The highest BCUT2D eigenvalue weighted by Crippen LogP contribution is 2.33. The minimum Gasteiger partial charge on any atom is -0.338 e. The van der Waals surface area contributed by atoms with Crippen LogP contribution in [0.1, 0.15) is 30.6 Å². The zero-order valence-corrected chi connectivity index (χ0v) is 12.4. The summed E-state index contributed by atoms with van der Waals surface area (Å²) in [5.41, 5.74) is 0.388. The maximum absolute atomic E-state index is 12.4. The molecule has 0 saturated carbocycles. The molecule has 0 radical (unpaired) electrons. The van der Waals surface area contributed by atoms with E-state index in [1.54, 1.807) is 11.0 Å². The molecule has 102 valence electrons. The third-order valence-electron chi connectivity index (χ3n) is 3.37. The van der Waals surface area contributed by atoms with Crippen molar-refractivity contribution in [2.45, 2.75) is 20.3 Å². The Bertz CT molecular complexity index is 543. The van der Waals surface area contributed by atoms with Gasteiger partial charge in [0.2, 0.25) is 0 Å². The Labute approximate surface area is 119 Å². The molecule has 0 aliphatic carbocycles. The van der Waals surface area contributed by atoms with Crippen molar-refractivity contribution in [3.63, 3.8) is 0 Å². The smallest absolute Gasteiger partial charge is 0.284 e. The van der Waals surface area contributed by atoms with Crippen LogP contribution in [-0.4, -0.2) is 28.8 Å². The van der Waals surface area contributed by atoms with Crippen LogP contribution in [0.3, 0.4) is 0 Å². The second-order valence-electron chi connectivity index (χ2n) is 5.54. The predicted octanol–water partition coefficient (Wildman–Crippen LogP) is 3.23. The number of likely N-dealkylation sites (tertiary alicyclic amines) is 1. The first-order chi connectivity index (χ1) is 8.82. The number of carbonyl (C=O) groups is 1. The lowest BCUT2D eigenvalue weighted by Gasteiger charge is -2.20. The number of nitro benzene ring substituents is 1. The Hall–Kier alpha value is -1.43. The molecular weight excluding hydrogens is 312 g/mol. The average Bonchev–Trinajstić information content (AvgIpc) is 2.69. The van der Waals surface area contributed by atoms with E-state index >= 15 is 0 Å². The highest BCUT2D eigenvalue weighted by atomic mass is 79.9. The molecule has 1 saturated heterocycles. The number of hydrogen-bond acceptors (Lipinski definition) is 3. The van der Waals surface area contributed by atoms with Gasteiger partial charge in [-0.3, -0.25) is 14.9 Å². The van der Waals surface area contributed by atoms with Crippen LogP contribution in [0.4, 0.5) is 5.69 Å². The van der Waals surface area contributed by atoms with Gasteiger partial charge in [-0.25, -0.2) is 0 Å². The first-order valence-electron chi connectivity index (χ1n) is 6.04. The second kappa shape index (κ2) is 4.92. The molecule has 0 bridgehead atoms. The maximum Gasteiger partial charge on any atom is 0.284 e. The van der Waals surface area contributed by atoms with E-state index < -0.39 is 4.92 Å². The molecule has 1 aliphatic heterocycles. The van der Waals surface area contributed by atoms with Crippen LogP contribution in [0.15, 0.2) is 22.7 Å². The van der Waals surface area contributed by atoms with Crippen molar-refractivity contribution in [3.05, 3.63) is 38.3 Å². The molecule has 1 heterocycles. The van der Waals surface area contributed by atoms with Gasteiger partial charge in [-0.2, -0.15) is 0 Å². The van der Waals surface area contributed by atoms with Gasteiger partial charge in [-0.15, -0.1) is 0 Å². The zero-order valence-electron chi connectivity index (χ0n) is 10.9. The van der Waals surface area contributed by atoms with Crippen molar-refractivity contribution in [2.24, 2.45) is 5.41 Å². The monoisotopic (exact) mass is 326 g/mol. The van der Waals surface area contributed by atoms with Crippen LogP contribution in [0.25, 0.3) is 0 Å². The fraction of sp³-hybridized carbons (Fsp3) is 0.462. The Balaban J connectivity index is 2.30. The summed E-state index contributed by atoms with van der Waals surface area (Å²) in [5.74, 6) is -0.152. The summed E-state index contributed by atoms with van der Waals surface area (Å²) in [5, 5.41) is 10.9. The molecule has 6 heteroatoms. The Kier molecular flexibility index (Phi) is 3.62. The molecule has 2 rings (SSSR count). The fourth-order valence-corrected chi connectivity index (χ4v) is 2.86. The SMILES string of the molecule is CC1(C)CCN(C(=O)c2cccc([N+](=O)[O-])c2Br)C1. The number of rotatable bonds is 2. The molecule has 1 aliphatic rings. The molecular formula is C13H15BrN2O3. The zero-order chi connectivity index (χ0) is 14.2. The number of halogens is 1. The standard InChI is InChI=1S/C13H15BrN2O3/c1-13(2)6-7-15(8-13)12(17)9-4-3-5-10(11(9)14)16(18)19/h3-5H,6-8H2,1-2H3. The van der Waals surface area contributed by atoms with Gasteiger partial charge < -0.3 is 4.90 Å². The molecule has 0 N–H and O–H groups in total. The molecule has 1 aromatic rings. The quantitative estimate of drug-likeness (QED) is 0.619. The topological polar surface area (TPSA) is 63.5 Å². The highest BCUT2D eigenvalue weighted by molar-refractivity contribution is 9.10. The summed E-state index contributed by atoms with van der Waals surface area (Å²) < 4.78 is 0.259. The molecule has 0 spiro atoms. The first kappa shape index (κ1) is 14.0. The van der Waals surface area contributed by atoms with Crippen LogP contribution >= 0.6 is 15.9 Å². The average molecular weight is 327 g/mol. The first-order valence-corrected chi connectivity index (χ1v) is 6.83. The van der Waals surface area contributed by atoms with Crippen molar-refractivity contribution in [3.8, 4) is 0 Å². The summed E-state index contributed by atoms with van der Waals surface area (Å²) in [4.78, 5) is 24.5. The molecule has 1 fully saturated rings. The maximum atomic E-state index is 12.4. The van der Waals surface area contributed by atoms with E-state index in [1.165, 1.54) is 12.1 Å². The van der Waals surface area contributed by atoms with E-state index in [1.807, 2.05) is 0 Å². The number of nitrogens with zero attached hydrogens (tertiary/aromatic N) is 2. The lowest BCUT2D eigenvalue weighted by atomic mass is 9.93. The molecule has 1 aromatic carbocycles. The third-order valence-corrected chi connectivity index (χ3v) is 4.20. The minimum atomic E-state index is -0.491. The lowest BCUT2D eigenvalue weighted by molar-refractivity contribution is -0.385. The second-order valence-corrected chi connectivity index (χ2v) is 6.33.